The Kier molecular flexibility index (Phi) is 14.2. The monoisotopic (exact) mass is 1070 g/mol. The first-order valence-corrected chi connectivity index (χ1v) is 28.4. The zero-order valence-corrected chi connectivity index (χ0v) is 45.3. The number of halogens is 2. The molecule has 7 aromatic rings. The van der Waals surface area contributed by atoms with E-state index in [1.54, 1.807) is 33.7 Å². The van der Waals surface area contributed by atoms with E-state index in [-0.39, 0.29) is 47.4 Å². The van der Waals surface area contributed by atoms with Gasteiger partial charge in [-0.05, 0) is 122 Å². The van der Waals surface area contributed by atoms with Crippen LogP contribution in [-0.4, -0.2) is 145 Å². The third-order valence-electron chi connectivity index (χ3n) is 17.2. The number of thioether (sulfide) groups is 1. The maximum absolute atomic E-state index is 16.2. The molecule has 3 aromatic heterocycles. The lowest BCUT2D eigenvalue weighted by molar-refractivity contribution is -0.131. The molecular weight excluding hydrogens is 1010 g/mol. The van der Waals surface area contributed by atoms with Gasteiger partial charge in [0.15, 0.2) is 0 Å². The van der Waals surface area contributed by atoms with Crippen molar-refractivity contribution in [1.82, 2.24) is 38.2 Å². The maximum atomic E-state index is 16.2. The highest BCUT2D eigenvalue weighted by atomic mass is 32.2. The molecule has 78 heavy (non-hydrogen) atoms. The maximum Gasteiger partial charge on any atom is 0.265 e. The molecule has 0 radical (unpaired) electrons. The molecule has 12 rings (SSSR count). The van der Waals surface area contributed by atoms with Gasteiger partial charge in [0, 0.05) is 112 Å². The molecule has 14 nitrogen and oxygen atoms in total. The van der Waals surface area contributed by atoms with Crippen molar-refractivity contribution >= 4 is 45.4 Å². The molecule has 0 saturated carbocycles. The zero-order valence-electron chi connectivity index (χ0n) is 44.5. The second-order valence-corrected chi connectivity index (χ2v) is 23.2. The fourth-order valence-corrected chi connectivity index (χ4v) is 14.2. The second kappa shape index (κ2) is 21.3. The molecule has 17 heteroatoms. The van der Waals surface area contributed by atoms with Crippen molar-refractivity contribution in [2.75, 3.05) is 72.1 Å². The van der Waals surface area contributed by atoms with Gasteiger partial charge in [-0.3, -0.25) is 28.8 Å². The fourth-order valence-electron chi connectivity index (χ4n) is 12.8. The summed E-state index contributed by atoms with van der Waals surface area (Å²) in [4.78, 5) is 56.2. The Labute approximate surface area is 457 Å². The Bertz CT molecular complexity index is 3550. The number of alkyl halides is 2. The van der Waals surface area contributed by atoms with Crippen LogP contribution in [0.5, 0.6) is 11.5 Å². The number of piperazine rings is 1. The van der Waals surface area contributed by atoms with Crippen LogP contribution < -0.4 is 10.3 Å². The first-order valence-electron chi connectivity index (χ1n) is 27.4. The summed E-state index contributed by atoms with van der Waals surface area (Å²) in [5, 5.41) is 22.6. The van der Waals surface area contributed by atoms with E-state index in [1.165, 1.54) is 12.0 Å². The number of carbonyl (C=O) groups excluding carboxylic acids is 2. The summed E-state index contributed by atoms with van der Waals surface area (Å²) in [5.74, 6) is 0.653. The Morgan fingerprint density at radius 1 is 0.821 bits per heavy atom. The first kappa shape index (κ1) is 51.8. The van der Waals surface area contributed by atoms with E-state index in [0.29, 0.717) is 113 Å². The average Bonchev–Trinajstić information content (AvgIpc) is 4.34. The van der Waals surface area contributed by atoms with Crippen molar-refractivity contribution < 1.29 is 28.2 Å². The Hall–Kier alpha value is -6.97. The standard InChI is InChI=1S/C61H65F2N9O5S/c1-38-56-55(51(33-64)65(38)2)57-49(61(76)72(56)43-13-15-44(73)16-14-43)32-50(66(57)3)47-30-40-19-22-70(54(74)29-39-11-17-45(18-12-39)77-28-27-67-23-25-69(26-24-67)37-53(62)63)34-42(40)31-48(47)60(75)71-35-41-9-5-6-10-46(41)58-59(78-58)52(71)36-68-20-7-4-8-21-68/h5-6,9-18,30-32,52-53,58-59,73H,4,7-8,19-29,34-37H2,1-3H3/t52-,58?,59?/m1/s1. The van der Waals surface area contributed by atoms with Gasteiger partial charge < -0.3 is 33.7 Å². The second-order valence-electron chi connectivity index (χ2n) is 21.9. The van der Waals surface area contributed by atoms with Gasteiger partial charge in [0.2, 0.25) is 5.91 Å². The van der Waals surface area contributed by atoms with Crippen LogP contribution in [0.3, 0.4) is 0 Å². The number of ether oxygens (including phenoxy) is 1. The van der Waals surface area contributed by atoms with Crippen LogP contribution in [-0.2, 0) is 44.8 Å². The van der Waals surface area contributed by atoms with Crippen LogP contribution in [0.4, 0.5) is 8.78 Å². The molecule has 3 saturated heterocycles. The van der Waals surface area contributed by atoms with Gasteiger partial charge >= 0.3 is 0 Å². The minimum atomic E-state index is -2.32. The van der Waals surface area contributed by atoms with E-state index >= 15 is 9.59 Å². The van der Waals surface area contributed by atoms with Crippen molar-refractivity contribution in [2.45, 2.75) is 75.1 Å². The minimum absolute atomic E-state index is 0.0196. The molecule has 3 fully saturated rings. The number of nitriles is 1. The van der Waals surface area contributed by atoms with E-state index in [1.807, 2.05) is 83.2 Å². The van der Waals surface area contributed by atoms with Crippen LogP contribution in [0, 0.1) is 18.3 Å². The summed E-state index contributed by atoms with van der Waals surface area (Å²) in [7, 11) is 3.74. The quantitative estimate of drug-likeness (QED) is 0.112. The number of rotatable bonds is 13. The largest absolute Gasteiger partial charge is 0.508 e. The van der Waals surface area contributed by atoms with Gasteiger partial charge in [-0.15, -0.1) is 11.8 Å². The molecule has 2 unspecified atom stereocenters. The Morgan fingerprint density at radius 2 is 1.56 bits per heavy atom. The molecule has 3 atom stereocenters. The molecule has 404 valence electrons. The number of aromatic hydroxyl groups is 1. The van der Waals surface area contributed by atoms with Crippen molar-refractivity contribution in [1.29, 1.82) is 5.26 Å². The van der Waals surface area contributed by atoms with Gasteiger partial charge in [-0.25, -0.2) is 8.78 Å². The van der Waals surface area contributed by atoms with E-state index in [0.717, 1.165) is 73.5 Å². The first-order chi connectivity index (χ1) is 37.8. The Balaban J connectivity index is 0.892. The highest BCUT2D eigenvalue weighted by Crippen LogP contribution is 2.60. The van der Waals surface area contributed by atoms with Gasteiger partial charge in [0.25, 0.3) is 17.9 Å². The summed E-state index contributed by atoms with van der Waals surface area (Å²) >= 11 is 1.95. The summed E-state index contributed by atoms with van der Waals surface area (Å²) in [6, 6.07) is 31.0. The van der Waals surface area contributed by atoms with Gasteiger partial charge in [-0.1, -0.05) is 42.8 Å². The van der Waals surface area contributed by atoms with Crippen LogP contribution in [0.15, 0.2) is 95.8 Å². The smallest absolute Gasteiger partial charge is 0.265 e. The predicted octanol–water partition coefficient (Wildman–Crippen LogP) is 8.43. The molecule has 2 amide bonds. The third kappa shape index (κ3) is 9.75. The SMILES string of the molecule is Cc1c2c(c(C#N)n1C)c1c(cc(-c3cc4c(cc3C(=O)N3Cc5ccccc5C5SC5[C@H]3CN3CCCCC3)CN(C(=O)Cc3ccc(OCCN5CCN(CC(F)F)CC5)cc3)CC4)n1C)c(=O)n2-c1ccc(O)cc1. The van der Waals surface area contributed by atoms with Crippen LogP contribution in [0.25, 0.3) is 38.8 Å². The highest BCUT2D eigenvalue weighted by Gasteiger charge is 2.52. The van der Waals surface area contributed by atoms with Gasteiger partial charge in [-0.2, -0.15) is 5.26 Å². The number of phenolic OH excluding ortho intramolecular Hbond substituents is 1. The third-order valence-corrected chi connectivity index (χ3v) is 18.6. The van der Waals surface area contributed by atoms with E-state index in [4.69, 9.17) is 4.74 Å². The van der Waals surface area contributed by atoms with Crippen molar-refractivity contribution in [3.05, 3.63) is 146 Å². The number of phenols is 1. The summed E-state index contributed by atoms with van der Waals surface area (Å²) in [6.07, 6.45) is 1.92. The summed E-state index contributed by atoms with van der Waals surface area (Å²) < 4.78 is 37.2. The number of fused-ring (bicyclic) bond motifs is 7. The summed E-state index contributed by atoms with van der Waals surface area (Å²) in [5.41, 5.74) is 9.67. The van der Waals surface area contributed by atoms with Crippen molar-refractivity contribution in [3.63, 3.8) is 0 Å². The van der Waals surface area contributed by atoms with E-state index < -0.39 is 6.43 Å². The topological polar surface area (TPSA) is 135 Å². The number of aromatic nitrogens is 3. The minimum Gasteiger partial charge on any atom is -0.508 e. The number of carbonyl (C=O) groups is 2. The highest BCUT2D eigenvalue weighted by molar-refractivity contribution is 8.07. The lowest BCUT2D eigenvalue weighted by Crippen LogP contribution is -2.50. The van der Waals surface area contributed by atoms with Crippen LogP contribution in [0.2, 0.25) is 0 Å². The molecule has 5 aliphatic rings. The number of hydrogen-bond donors (Lipinski definition) is 1. The average molecular weight is 1070 g/mol. The molecule has 0 spiro atoms. The number of aryl methyl sites for hydroxylation is 2. The van der Waals surface area contributed by atoms with E-state index in [2.05, 4.69) is 51.1 Å². The zero-order chi connectivity index (χ0) is 53.9. The number of hydrogen-bond acceptors (Lipinski definition) is 10. The number of benzene rings is 4. The number of piperidine rings is 1. The molecule has 8 heterocycles. The van der Waals surface area contributed by atoms with Crippen LogP contribution >= 0.6 is 11.8 Å². The predicted molar refractivity (Wildman–Crippen MR) is 300 cm³/mol. The van der Waals surface area contributed by atoms with Crippen molar-refractivity contribution in [2.24, 2.45) is 14.1 Å². The lowest BCUT2D eigenvalue weighted by atomic mass is 9.91. The molecule has 1 N–H and O–H groups in total. The van der Waals surface area contributed by atoms with Gasteiger partial charge in [0.05, 0.1) is 40.8 Å². The summed E-state index contributed by atoms with van der Waals surface area (Å²) in [6.45, 7) is 9.62. The molecule has 0 bridgehead atoms. The number of nitrogens with zero attached hydrogens (tertiary/aromatic N) is 9. The van der Waals surface area contributed by atoms with E-state index in [9.17, 15) is 23.9 Å². The number of amides is 2. The van der Waals surface area contributed by atoms with Crippen LogP contribution in [0.1, 0.15) is 74.1 Å². The van der Waals surface area contributed by atoms with Gasteiger partial charge in [0.1, 0.15) is 29.9 Å². The molecule has 5 aliphatic heterocycles. The molecule has 4 aromatic carbocycles. The Morgan fingerprint density at radius 3 is 2.31 bits per heavy atom. The molecular formula is C61H65F2N9O5S. The number of likely N-dealkylation sites (tertiary alicyclic amines) is 1. The number of pyridine rings is 1. The lowest BCUT2D eigenvalue weighted by Gasteiger charge is -2.37. The fraction of sp³-hybridized carbons (Fsp3) is 0.410. The molecule has 0 aliphatic carbocycles. The van der Waals surface area contributed by atoms with Crippen molar-refractivity contribution in [3.8, 4) is 34.5 Å². The normalized spacial score (nSPS) is 19.9.